The van der Waals surface area contributed by atoms with Crippen LogP contribution in [0, 0.1) is 5.82 Å². The van der Waals surface area contributed by atoms with Crippen molar-refractivity contribution in [3.05, 3.63) is 46.4 Å². The number of H-pyrrole nitrogens is 1. The maximum atomic E-state index is 13.9. The van der Waals surface area contributed by atoms with Crippen molar-refractivity contribution in [1.29, 1.82) is 0 Å². The third-order valence-corrected chi connectivity index (χ3v) is 3.38. The molecule has 0 bridgehead atoms. The fraction of sp³-hybridized carbons (Fsp3) is 0.167. The molecule has 18 heavy (non-hydrogen) atoms. The largest absolute Gasteiger partial charge is 0.311 e. The van der Waals surface area contributed by atoms with Crippen LogP contribution in [0.15, 0.2) is 24.4 Å². The van der Waals surface area contributed by atoms with Crippen LogP contribution in [0.3, 0.4) is 0 Å². The number of aromatic amines is 1. The second kappa shape index (κ2) is 4.10. The van der Waals surface area contributed by atoms with Gasteiger partial charge >= 0.3 is 0 Å². The van der Waals surface area contributed by atoms with Gasteiger partial charge in [-0.25, -0.2) is 4.39 Å². The molecular formula is C12H9ClFN3O. The Bertz CT molecular complexity index is 605. The van der Waals surface area contributed by atoms with Crippen LogP contribution in [0.4, 0.5) is 10.2 Å². The summed E-state index contributed by atoms with van der Waals surface area (Å²) in [6.45, 7) is 0. The number of nitrogens with one attached hydrogen (secondary N) is 2. The average Bonchev–Trinajstić information content (AvgIpc) is 2.76. The van der Waals surface area contributed by atoms with Gasteiger partial charge in [0.05, 0.1) is 6.20 Å². The number of rotatable bonds is 1. The van der Waals surface area contributed by atoms with E-state index in [-0.39, 0.29) is 12.3 Å². The van der Waals surface area contributed by atoms with Crippen LogP contribution in [0.2, 0.25) is 5.02 Å². The molecule has 2 aromatic rings. The number of carbonyl (C=O) groups excluding carboxylic acids is 1. The Kier molecular flexibility index (Phi) is 2.56. The van der Waals surface area contributed by atoms with Crippen molar-refractivity contribution in [2.45, 2.75) is 12.3 Å². The number of hydrogen-bond acceptors (Lipinski definition) is 2. The van der Waals surface area contributed by atoms with E-state index in [9.17, 15) is 9.18 Å². The van der Waals surface area contributed by atoms with Crippen LogP contribution in [0.5, 0.6) is 0 Å². The predicted molar refractivity (Wildman–Crippen MR) is 65.1 cm³/mol. The highest BCUT2D eigenvalue weighted by Crippen LogP contribution is 2.39. The van der Waals surface area contributed by atoms with Crippen molar-refractivity contribution < 1.29 is 9.18 Å². The van der Waals surface area contributed by atoms with E-state index < -0.39 is 11.7 Å². The van der Waals surface area contributed by atoms with Gasteiger partial charge in [0, 0.05) is 28.5 Å². The fourth-order valence-corrected chi connectivity index (χ4v) is 2.54. The molecule has 3 rings (SSSR count). The number of halogens is 2. The van der Waals surface area contributed by atoms with Gasteiger partial charge in [-0.15, -0.1) is 0 Å². The highest BCUT2D eigenvalue weighted by atomic mass is 35.5. The van der Waals surface area contributed by atoms with E-state index in [4.69, 9.17) is 11.6 Å². The van der Waals surface area contributed by atoms with Gasteiger partial charge in [0.2, 0.25) is 5.91 Å². The first kappa shape index (κ1) is 11.2. The number of amides is 1. The Balaban J connectivity index is 2.16. The Morgan fingerprint density at radius 2 is 2.28 bits per heavy atom. The normalized spacial score (nSPS) is 18.3. The number of benzene rings is 1. The van der Waals surface area contributed by atoms with E-state index in [1.165, 1.54) is 6.07 Å². The molecule has 0 saturated heterocycles. The zero-order valence-electron chi connectivity index (χ0n) is 9.21. The molecule has 0 fully saturated rings. The molecule has 2 N–H and O–H groups in total. The maximum absolute atomic E-state index is 13.9. The van der Waals surface area contributed by atoms with Crippen molar-refractivity contribution in [2.75, 3.05) is 5.32 Å². The summed E-state index contributed by atoms with van der Waals surface area (Å²) in [4.78, 5) is 11.6. The van der Waals surface area contributed by atoms with Crippen LogP contribution in [-0.2, 0) is 4.79 Å². The van der Waals surface area contributed by atoms with Gasteiger partial charge in [-0.2, -0.15) is 5.10 Å². The third kappa shape index (κ3) is 1.67. The summed E-state index contributed by atoms with van der Waals surface area (Å²) >= 11 is 6.04. The Labute approximate surface area is 107 Å². The number of aromatic nitrogens is 2. The smallest absolute Gasteiger partial charge is 0.226 e. The Hall–Kier alpha value is -1.88. The van der Waals surface area contributed by atoms with E-state index in [1.807, 2.05) is 0 Å². The van der Waals surface area contributed by atoms with Crippen molar-refractivity contribution in [3.8, 4) is 0 Å². The number of hydrogen-bond donors (Lipinski definition) is 2. The molecule has 1 aromatic heterocycles. The molecule has 2 heterocycles. The summed E-state index contributed by atoms with van der Waals surface area (Å²) in [5.74, 6) is -0.484. The van der Waals surface area contributed by atoms with Gasteiger partial charge < -0.3 is 5.32 Å². The second-order valence-electron chi connectivity index (χ2n) is 4.14. The van der Waals surface area contributed by atoms with Crippen LogP contribution in [0.1, 0.15) is 23.5 Å². The van der Waals surface area contributed by atoms with Crippen molar-refractivity contribution >= 4 is 23.3 Å². The van der Waals surface area contributed by atoms with Gasteiger partial charge in [-0.05, 0) is 12.1 Å². The molecule has 1 aliphatic heterocycles. The van der Waals surface area contributed by atoms with E-state index in [0.29, 0.717) is 16.4 Å². The molecule has 4 nitrogen and oxygen atoms in total. The van der Waals surface area contributed by atoms with Crippen LogP contribution in [0.25, 0.3) is 0 Å². The molecule has 0 spiro atoms. The van der Waals surface area contributed by atoms with Crippen LogP contribution in [-0.4, -0.2) is 16.1 Å². The molecule has 1 aromatic carbocycles. The molecule has 92 valence electrons. The van der Waals surface area contributed by atoms with Gasteiger partial charge in [0.15, 0.2) is 0 Å². The molecule has 0 radical (unpaired) electrons. The van der Waals surface area contributed by atoms with Crippen molar-refractivity contribution in [2.24, 2.45) is 0 Å². The summed E-state index contributed by atoms with van der Waals surface area (Å²) < 4.78 is 13.9. The van der Waals surface area contributed by atoms with Crippen molar-refractivity contribution in [3.63, 3.8) is 0 Å². The van der Waals surface area contributed by atoms with Gasteiger partial charge in [0.1, 0.15) is 11.6 Å². The monoisotopic (exact) mass is 265 g/mol. The highest BCUT2D eigenvalue weighted by Gasteiger charge is 2.31. The molecular weight excluding hydrogens is 257 g/mol. The third-order valence-electron chi connectivity index (χ3n) is 3.05. The van der Waals surface area contributed by atoms with E-state index in [1.54, 1.807) is 18.3 Å². The molecule has 0 saturated carbocycles. The summed E-state index contributed by atoms with van der Waals surface area (Å²) in [5.41, 5.74) is 1.10. The van der Waals surface area contributed by atoms with Crippen LogP contribution < -0.4 is 5.32 Å². The number of nitrogens with zero attached hydrogens (tertiary/aromatic N) is 1. The summed E-state index contributed by atoms with van der Waals surface area (Å²) in [6.07, 6.45) is 1.75. The first-order chi connectivity index (χ1) is 8.66. The average molecular weight is 266 g/mol. The summed E-state index contributed by atoms with van der Waals surface area (Å²) in [6, 6.07) is 4.50. The van der Waals surface area contributed by atoms with Crippen molar-refractivity contribution in [1.82, 2.24) is 10.2 Å². The first-order valence-electron chi connectivity index (χ1n) is 5.44. The predicted octanol–water partition coefficient (Wildman–Crippen LogP) is 2.68. The first-order valence-corrected chi connectivity index (χ1v) is 5.81. The quantitative estimate of drug-likeness (QED) is 0.833. The lowest BCUT2D eigenvalue weighted by Crippen LogP contribution is -2.23. The van der Waals surface area contributed by atoms with Gasteiger partial charge in [0.25, 0.3) is 0 Å². The molecule has 6 heteroatoms. The SMILES string of the molecule is O=C1C[C@H](c2c(F)cccc2Cl)c2cn[nH]c2N1. The zero-order chi connectivity index (χ0) is 12.7. The lowest BCUT2D eigenvalue weighted by Gasteiger charge is -2.23. The standard InChI is InChI=1S/C12H9ClFN3O/c13-8-2-1-3-9(14)11(8)6-4-10(18)16-12-7(6)5-15-17-12/h1-3,5-6H,4H2,(H2,15,16,17,18)/t6-/m0/s1. The fourth-order valence-electron chi connectivity index (χ4n) is 2.25. The molecule has 1 aliphatic rings. The van der Waals surface area contributed by atoms with E-state index >= 15 is 0 Å². The van der Waals surface area contributed by atoms with Crippen LogP contribution >= 0.6 is 11.6 Å². The highest BCUT2D eigenvalue weighted by molar-refractivity contribution is 6.31. The number of fused-ring (bicyclic) bond motifs is 1. The van der Waals surface area contributed by atoms with E-state index in [2.05, 4.69) is 15.5 Å². The minimum Gasteiger partial charge on any atom is -0.311 e. The summed E-state index contributed by atoms with van der Waals surface area (Å²) in [5, 5.41) is 9.52. The molecule has 1 atom stereocenters. The molecule has 1 amide bonds. The topological polar surface area (TPSA) is 57.8 Å². The zero-order valence-corrected chi connectivity index (χ0v) is 9.96. The lowest BCUT2D eigenvalue weighted by molar-refractivity contribution is -0.116. The Morgan fingerprint density at radius 3 is 3.06 bits per heavy atom. The lowest BCUT2D eigenvalue weighted by atomic mass is 9.87. The maximum Gasteiger partial charge on any atom is 0.226 e. The summed E-state index contributed by atoms with van der Waals surface area (Å²) in [7, 11) is 0. The van der Waals surface area contributed by atoms with Gasteiger partial charge in [-0.1, -0.05) is 17.7 Å². The van der Waals surface area contributed by atoms with E-state index in [0.717, 1.165) is 5.56 Å². The number of anilines is 1. The molecule has 0 aliphatic carbocycles. The number of carbonyl (C=O) groups is 1. The minimum atomic E-state index is -0.408. The Morgan fingerprint density at radius 1 is 1.44 bits per heavy atom. The minimum absolute atomic E-state index is 0.160. The second-order valence-corrected chi connectivity index (χ2v) is 4.55. The van der Waals surface area contributed by atoms with Gasteiger partial charge in [-0.3, -0.25) is 9.89 Å². The molecule has 0 unspecified atom stereocenters.